The van der Waals surface area contributed by atoms with Gasteiger partial charge in [0.15, 0.2) is 11.6 Å². The van der Waals surface area contributed by atoms with Crippen LogP contribution in [-0.2, 0) is 13.1 Å². The van der Waals surface area contributed by atoms with Crippen molar-refractivity contribution in [2.24, 2.45) is 0 Å². The molecule has 8 rings (SSSR count). The summed E-state index contributed by atoms with van der Waals surface area (Å²) in [6.07, 6.45) is 4.11. The number of ketones is 2. The van der Waals surface area contributed by atoms with E-state index >= 15 is 0 Å². The first-order valence-electron chi connectivity index (χ1n) is 21.4. The summed E-state index contributed by atoms with van der Waals surface area (Å²) >= 11 is 12.4. The Morgan fingerprint density at radius 2 is 0.903 bits per heavy atom. The lowest BCUT2D eigenvalue weighted by atomic mass is 9.88. The zero-order valence-corrected chi connectivity index (χ0v) is 37.4. The van der Waals surface area contributed by atoms with Crippen LogP contribution in [0.2, 0.25) is 10.0 Å². The van der Waals surface area contributed by atoms with Crippen LogP contribution in [-0.4, -0.2) is 54.7 Å². The van der Waals surface area contributed by atoms with E-state index in [1.165, 1.54) is 50.1 Å². The van der Waals surface area contributed by atoms with E-state index in [-0.39, 0.29) is 11.6 Å². The van der Waals surface area contributed by atoms with Gasteiger partial charge in [0.1, 0.15) is 5.75 Å². The van der Waals surface area contributed by atoms with E-state index in [4.69, 9.17) is 27.9 Å². The quantitative estimate of drug-likeness (QED) is 0.121. The maximum Gasteiger partial charge on any atom is 0.159 e. The van der Waals surface area contributed by atoms with Crippen molar-refractivity contribution in [3.8, 4) is 5.75 Å². The van der Waals surface area contributed by atoms with E-state index in [2.05, 4.69) is 101 Å². The second-order valence-electron chi connectivity index (χ2n) is 16.1. The highest BCUT2D eigenvalue weighted by Gasteiger charge is 2.21. The lowest BCUT2D eigenvalue weighted by Gasteiger charge is -2.30. The average Bonchev–Trinajstić information content (AvgIpc) is 3.30. The molecule has 0 atom stereocenters. The molecule has 2 aliphatic rings. The van der Waals surface area contributed by atoms with Crippen molar-refractivity contribution in [3.63, 3.8) is 0 Å². The number of rotatable bonds is 11. The standard InChI is InChI=1S/C28H29NO2.C27H25Cl2NO/c1-21(30)23-10-12-25(13-11-23)28(24-6-4-3-5-7-24)26-16-18-29(19-17-26)20-22-8-14-27(31-2)15-9-22;1-19(31)20-7-9-22(10-8-20)27(21-5-3-2-4-6-21)23-13-15-30(16-14-23)18-24-11-12-25(28)17-26(24)29/h3-15H,16-20H2,1-2H3;2-12,17H,13-16,18H2,1H3. The van der Waals surface area contributed by atoms with Crippen molar-refractivity contribution in [1.29, 1.82) is 0 Å². The van der Waals surface area contributed by atoms with Crippen molar-refractivity contribution in [1.82, 2.24) is 9.80 Å². The van der Waals surface area contributed by atoms with E-state index in [1.807, 2.05) is 60.7 Å². The van der Waals surface area contributed by atoms with Crippen molar-refractivity contribution in [3.05, 3.63) is 217 Å². The van der Waals surface area contributed by atoms with Gasteiger partial charge in [-0.1, -0.05) is 162 Å². The maximum atomic E-state index is 11.7. The highest BCUT2D eigenvalue weighted by atomic mass is 35.5. The minimum Gasteiger partial charge on any atom is -0.497 e. The van der Waals surface area contributed by atoms with Gasteiger partial charge in [-0.25, -0.2) is 0 Å². The van der Waals surface area contributed by atoms with E-state index in [1.54, 1.807) is 21.0 Å². The molecule has 2 fully saturated rings. The molecule has 5 nitrogen and oxygen atoms in total. The van der Waals surface area contributed by atoms with E-state index < -0.39 is 0 Å². The number of hydrogen-bond acceptors (Lipinski definition) is 5. The Morgan fingerprint density at radius 3 is 1.31 bits per heavy atom. The van der Waals surface area contributed by atoms with E-state index in [0.29, 0.717) is 5.02 Å². The van der Waals surface area contributed by atoms with Gasteiger partial charge in [0, 0.05) is 60.4 Å². The fourth-order valence-corrected chi connectivity index (χ4v) is 8.91. The Bertz CT molecular complexity index is 2490. The molecule has 2 heterocycles. The summed E-state index contributed by atoms with van der Waals surface area (Å²) in [5, 5.41) is 1.39. The summed E-state index contributed by atoms with van der Waals surface area (Å²) in [6, 6.07) is 51.3. The Morgan fingerprint density at radius 1 is 0.500 bits per heavy atom. The first-order chi connectivity index (χ1) is 30.1. The smallest absolute Gasteiger partial charge is 0.159 e. The van der Waals surface area contributed by atoms with Crippen molar-refractivity contribution >= 4 is 45.9 Å². The zero-order valence-electron chi connectivity index (χ0n) is 35.9. The molecule has 2 saturated heterocycles. The van der Waals surface area contributed by atoms with Crippen LogP contribution in [0.25, 0.3) is 11.1 Å². The van der Waals surface area contributed by atoms with Crippen LogP contribution in [0.4, 0.5) is 0 Å². The molecule has 2 aliphatic heterocycles. The number of carbonyl (C=O) groups excluding carboxylic acids is 2. The number of methoxy groups -OCH3 is 1. The average molecular weight is 862 g/mol. The second-order valence-corrected chi connectivity index (χ2v) is 16.9. The second kappa shape index (κ2) is 21.5. The van der Waals surface area contributed by atoms with E-state index in [9.17, 15) is 9.59 Å². The molecule has 6 aromatic rings. The van der Waals surface area contributed by atoms with E-state index in [0.717, 1.165) is 92.4 Å². The van der Waals surface area contributed by atoms with Crippen molar-refractivity contribution in [2.45, 2.75) is 52.6 Å². The summed E-state index contributed by atoms with van der Waals surface area (Å²) < 4.78 is 5.27. The molecule has 0 aromatic heterocycles. The number of piperidine rings is 2. The van der Waals surface area contributed by atoms with Crippen molar-refractivity contribution in [2.75, 3.05) is 33.3 Å². The third-order valence-electron chi connectivity index (χ3n) is 11.9. The Kier molecular flexibility index (Phi) is 15.4. The molecular weight excluding hydrogens is 808 g/mol. The maximum absolute atomic E-state index is 11.7. The summed E-state index contributed by atoms with van der Waals surface area (Å²) in [5.41, 5.74) is 14.3. The molecule has 0 spiro atoms. The number of halogens is 2. The molecule has 0 N–H and O–H groups in total. The van der Waals surface area contributed by atoms with Gasteiger partial charge in [0.25, 0.3) is 0 Å². The van der Waals surface area contributed by atoms with Gasteiger partial charge < -0.3 is 4.74 Å². The SMILES string of the molecule is CC(=O)c1ccc(C(=C2CCN(Cc3ccc(Cl)cc3Cl)CC2)c2ccccc2)cc1.COc1ccc(CN2CCC(=C(c3ccccc3)c3ccc(C(C)=O)cc3)CC2)cc1. The molecular formula is C55H54Cl2N2O3. The minimum absolute atomic E-state index is 0.0923. The first kappa shape index (κ1) is 44.5. The molecule has 0 saturated carbocycles. The van der Waals surface area contributed by atoms with Crippen LogP contribution in [0.1, 0.15) is 93.6 Å². The summed E-state index contributed by atoms with van der Waals surface area (Å²) in [7, 11) is 1.70. The molecule has 0 amide bonds. The summed E-state index contributed by atoms with van der Waals surface area (Å²) in [5.74, 6) is 1.10. The zero-order chi connectivity index (χ0) is 43.4. The minimum atomic E-state index is 0.0923. The lowest BCUT2D eigenvalue weighted by molar-refractivity contribution is 0.100. The molecule has 0 aliphatic carbocycles. The number of ether oxygens (including phenoxy) is 1. The van der Waals surface area contributed by atoms with Crippen LogP contribution in [0, 0.1) is 0 Å². The summed E-state index contributed by atoms with van der Waals surface area (Å²) in [4.78, 5) is 28.4. The molecule has 7 heteroatoms. The predicted molar refractivity (Wildman–Crippen MR) is 256 cm³/mol. The Labute approximate surface area is 377 Å². The fourth-order valence-electron chi connectivity index (χ4n) is 8.44. The highest BCUT2D eigenvalue weighted by Crippen LogP contribution is 2.35. The van der Waals surface area contributed by atoms with Gasteiger partial charge in [-0.15, -0.1) is 0 Å². The molecule has 0 bridgehead atoms. The van der Waals surface area contributed by atoms with Crippen LogP contribution in [0.5, 0.6) is 5.75 Å². The number of likely N-dealkylation sites (tertiary alicyclic amines) is 2. The van der Waals surface area contributed by atoms with Crippen LogP contribution >= 0.6 is 23.2 Å². The normalized spacial score (nSPS) is 14.4. The van der Waals surface area contributed by atoms with Gasteiger partial charge in [0.2, 0.25) is 0 Å². The van der Waals surface area contributed by atoms with Gasteiger partial charge in [-0.05, 0) is 108 Å². The number of Topliss-reactive ketones (excluding diaryl/α,β-unsaturated/α-hetero) is 2. The third kappa shape index (κ3) is 11.7. The van der Waals surface area contributed by atoms with Gasteiger partial charge >= 0.3 is 0 Å². The largest absolute Gasteiger partial charge is 0.497 e. The number of benzene rings is 6. The Balaban J connectivity index is 0.000000186. The van der Waals surface area contributed by atoms with Gasteiger partial charge in [-0.2, -0.15) is 0 Å². The van der Waals surface area contributed by atoms with Gasteiger partial charge in [-0.3, -0.25) is 19.4 Å². The fraction of sp³-hybridized carbons (Fsp3) is 0.236. The van der Waals surface area contributed by atoms with Gasteiger partial charge in [0.05, 0.1) is 7.11 Å². The number of carbonyl (C=O) groups is 2. The monoisotopic (exact) mass is 860 g/mol. The first-order valence-corrected chi connectivity index (χ1v) is 22.2. The van der Waals surface area contributed by atoms with Crippen molar-refractivity contribution < 1.29 is 14.3 Å². The molecule has 316 valence electrons. The molecule has 62 heavy (non-hydrogen) atoms. The predicted octanol–water partition coefficient (Wildman–Crippen LogP) is 13.3. The topological polar surface area (TPSA) is 49.9 Å². The van der Waals surface area contributed by atoms with Crippen LogP contribution in [0.15, 0.2) is 163 Å². The lowest BCUT2D eigenvalue weighted by Crippen LogP contribution is -2.30. The Hall–Kier alpha value is -5.56. The number of hydrogen-bond donors (Lipinski definition) is 0. The third-order valence-corrected chi connectivity index (χ3v) is 12.5. The molecule has 0 radical (unpaired) electrons. The molecule has 6 aromatic carbocycles. The van der Waals surface area contributed by atoms with Crippen LogP contribution < -0.4 is 4.74 Å². The highest BCUT2D eigenvalue weighted by molar-refractivity contribution is 6.35. The molecule has 0 unspecified atom stereocenters. The number of nitrogens with zero attached hydrogens (tertiary/aromatic N) is 2. The van der Waals surface area contributed by atoms with Crippen LogP contribution in [0.3, 0.4) is 0 Å². The summed E-state index contributed by atoms with van der Waals surface area (Å²) in [6.45, 7) is 9.07.